The lowest BCUT2D eigenvalue weighted by atomic mass is 10.0. The maximum atomic E-state index is 12.1. The highest BCUT2D eigenvalue weighted by Gasteiger charge is 2.24. The fourth-order valence-electron chi connectivity index (χ4n) is 2.14. The van der Waals surface area contributed by atoms with Crippen LogP contribution in [0.4, 0.5) is 11.4 Å². The van der Waals surface area contributed by atoms with Crippen LogP contribution in [0, 0.1) is 10.1 Å². The van der Waals surface area contributed by atoms with Crippen molar-refractivity contribution in [1.82, 2.24) is 5.32 Å². The summed E-state index contributed by atoms with van der Waals surface area (Å²) in [5, 5.41) is 13.7. The van der Waals surface area contributed by atoms with E-state index in [1.54, 1.807) is 0 Å². The number of anilines is 1. The molecule has 1 amide bonds. The van der Waals surface area contributed by atoms with Crippen LogP contribution < -0.4 is 11.1 Å². The van der Waals surface area contributed by atoms with Gasteiger partial charge < -0.3 is 11.1 Å². The van der Waals surface area contributed by atoms with Crippen LogP contribution in [0.1, 0.15) is 29.6 Å². The lowest BCUT2D eigenvalue weighted by Gasteiger charge is -2.19. The van der Waals surface area contributed by atoms with Crippen LogP contribution in [-0.4, -0.2) is 16.9 Å². The first-order valence-corrected chi connectivity index (χ1v) is 6.08. The van der Waals surface area contributed by atoms with Crippen LogP contribution in [-0.2, 0) is 0 Å². The molecule has 1 aliphatic carbocycles. The summed E-state index contributed by atoms with van der Waals surface area (Å²) < 4.78 is 0. The summed E-state index contributed by atoms with van der Waals surface area (Å²) in [4.78, 5) is 22.5. The third kappa shape index (κ3) is 2.90. The van der Waals surface area contributed by atoms with Gasteiger partial charge in [-0.1, -0.05) is 18.2 Å². The number of nitrogens with two attached hydrogens (primary N) is 1. The van der Waals surface area contributed by atoms with Gasteiger partial charge in [-0.3, -0.25) is 14.9 Å². The Hall–Kier alpha value is -2.37. The molecule has 1 aliphatic rings. The van der Waals surface area contributed by atoms with Crippen molar-refractivity contribution in [3.63, 3.8) is 0 Å². The van der Waals surface area contributed by atoms with Crippen LogP contribution in [0.5, 0.6) is 0 Å². The zero-order valence-electron chi connectivity index (χ0n) is 10.3. The van der Waals surface area contributed by atoms with E-state index in [0.29, 0.717) is 0 Å². The summed E-state index contributed by atoms with van der Waals surface area (Å²) in [6, 6.07) is 4.25. The zero-order chi connectivity index (χ0) is 13.8. The fraction of sp³-hybridized carbons (Fsp3) is 0.308. The minimum Gasteiger partial charge on any atom is -0.398 e. The number of nitro benzene ring substituents is 1. The molecule has 6 nitrogen and oxygen atoms in total. The molecule has 0 saturated carbocycles. The van der Waals surface area contributed by atoms with E-state index in [9.17, 15) is 14.9 Å². The Morgan fingerprint density at radius 2 is 2.21 bits per heavy atom. The second-order valence-corrected chi connectivity index (χ2v) is 4.45. The Balaban J connectivity index is 2.23. The largest absolute Gasteiger partial charge is 0.398 e. The predicted octanol–water partition coefficient (Wildman–Crippen LogP) is 2.02. The van der Waals surface area contributed by atoms with Gasteiger partial charge in [0, 0.05) is 12.1 Å². The van der Waals surface area contributed by atoms with Gasteiger partial charge in [-0.05, 0) is 25.3 Å². The molecule has 1 atom stereocenters. The molecule has 1 aromatic rings. The van der Waals surface area contributed by atoms with Crippen molar-refractivity contribution >= 4 is 17.3 Å². The lowest BCUT2D eigenvalue weighted by molar-refractivity contribution is -0.385. The number of nitro groups is 1. The van der Waals surface area contributed by atoms with Crippen LogP contribution in [0.15, 0.2) is 30.4 Å². The van der Waals surface area contributed by atoms with Crippen molar-refractivity contribution in [2.24, 2.45) is 0 Å². The molecule has 0 heterocycles. The minimum atomic E-state index is -0.591. The van der Waals surface area contributed by atoms with E-state index in [-0.39, 0.29) is 23.0 Å². The van der Waals surface area contributed by atoms with Crippen molar-refractivity contribution < 1.29 is 9.72 Å². The Bertz CT molecular complexity index is 540. The van der Waals surface area contributed by atoms with E-state index in [4.69, 9.17) is 5.73 Å². The molecule has 0 fully saturated rings. The maximum absolute atomic E-state index is 12.1. The quantitative estimate of drug-likeness (QED) is 0.376. The van der Waals surface area contributed by atoms with Gasteiger partial charge in [-0.25, -0.2) is 0 Å². The topological polar surface area (TPSA) is 98.3 Å². The van der Waals surface area contributed by atoms with Gasteiger partial charge in [0.15, 0.2) is 0 Å². The van der Waals surface area contributed by atoms with Crippen molar-refractivity contribution in [2.45, 2.75) is 25.3 Å². The summed E-state index contributed by atoms with van der Waals surface area (Å²) in [6.45, 7) is 0. The number of carbonyl (C=O) groups excluding carboxylic acids is 1. The lowest BCUT2D eigenvalue weighted by Crippen LogP contribution is -2.36. The minimum absolute atomic E-state index is 0.0108. The third-order valence-corrected chi connectivity index (χ3v) is 3.10. The molecule has 0 aliphatic heterocycles. The highest BCUT2D eigenvalue weighted by Crippen LogP contribution is 2.24. The first-order valence-electron chi connectivity index (χ1n) is 6.08. The van der Waals surface area contributed by atoms with Crippen molar-refractivity contribution in [3.8, 4) is 0 Å². The summed E-state index contributed by atoms with van der Waals surface area (Å²) in [6.07, 6.45) is 6.53. The smallest absolute Gasteiger partial charge is 0.284 e. The number of nitrogens with one attached hydrogen (secondary N) is 1. The van der Waals surface area contributed by atoms with Gasteiger partial charge in [0.05, 0.1) is 10.6 Å². The van der Waals surface area contributed by atoms with Gasteiger partial charge in [-0.15, -0.1) is 0 Å². The number of rotatable bonds is 3. The van der Waals surface area contributed by atoms with Gasteiger partial charge >= 0.3 is 0 Å². The second-order valence-electron chi connectivity index (χ2n) is 4.45. The van der Waals surface area contributed by atoms with E-state index in [0.717, 1.165) is 19.3 Å². The molecule has 6 heteroatoms. The molecule has 100 valence electrons. The molecule has 0 spiro atoms. The van der Waals surface area contributed by atoms with Gasteiger partial charge in [0.2, 0.25) is 0 Å². The van der Waals surface area contributed by atoms with Crippen molar-refractivity contribution in [1.29, 1.82) is 0 Å². The number of nitrogens with zero attached hydrogens (tertiary/aromatic N) is 1. The number of allylic oxidation sites excluding steroid dienone is 1. The molecule has 0 aromatic heterocycles. The van der Waals surface area contributed by atoms with Crippen LogP contribution in [0.3, 0.4) is 0 Å². The average Bonchev–Trinajstić information content (AvgIpc) is 2.39. The van der Waals surface area contributed by atoms with Crippen molar-refractivity contribution in [2.75, 3.05) is 5.73 Å². The molecular formula is C13H15N3O3. The SMILES string of the molecule is Nc1cccc([N+](=O)[O-])c1C(=O)N[C@H]1CC=CCC1. The third-order valence-electron chi connectivity index (χ3n) is 3.10. The zero-order valence-corrected chi connectivity index (χ0v) is 10.3. The van der Waals surface area contributed by atoms with E-state index in [2.05, 4.69) is 11.4 Å². The molecule has 19 heavy (non-hydrogen) atoms. The van der Waals surface area contributed by atoms with Crippen molar-refractivity contribution in [3.05, 3.63) is 46.0 Å². The van der Waals surface area contributed by atoms with Gasteiger partial charge in [0.25, 0.3) is 11.6 Å². The van der Waals surface area contributed by atoms with Crippen LogP contribution in [0.25, 0.3) is 0 Å². The highest BCUT2D eigenvalue weighted by molar-refractivity contribution is 6.03. The number of benzene rings is 1. The number of carbonyl (C=O) groups is 1. The van der Waals surface area contributed by atoms with Crippen LogP contribution >= 0.6 is 0 Å². The molecular weight excluding hydrogens is 246 g/mol. The summed E-state index contributed by atoms with van der Waals surface area (Å²) in [5.41, 5.74) is 5.50. The van der Waals surface area contributed by atoms with E-state index < -0.39 is 10.8 Å². The van der Waals surface area contributed by atoms with Crippen LogP contribution in [0.2, 0.25) is 0 Å². The highest BCUT2D eigenvalue weighted by atomic mass is 16.6. The number of amides is 1. The van der Waals surface area contributed by atoms with E-state index >= 15 is 0 Å². The Labute approximate surface area is 110 Å². The monoisotopic (exact) mass is 261 g/mol. The van der Waals surface area contributed by atoms with E-state index in [1.807, 2.05) is 6.08 Å². The number of hydrogen-bond donors (Lipinski definition) is 2. The molecule has 1 aromatic carbocycles. The predicted molar refractivity (Wildman–Crippen MR) is 71.8 cm³/mol. The number of nitrogen functional groups attached to an aromatic ring is 1. The average molecular weight is 261 g/mol. The normalized spacial score (nSPS) is 18.0. The molecule has 0 unspecified atom stereocenters. The fourth-order valence-corrected chi connectivity index (χ4v) is 2.14. The van der Waals surface area contributed by atoms with Gasteiger partial charge in [0.1, 0.15) is 5.56 Å². The summed E-state index contributed by atoms with van der Waals surface area (Å²) in [5.74, 6) is -0.481. The first kappa shape index (κ1) is 13.1. The van der Waals surface area contributed by atoms with E-state index in [1.165, 1.54) is 18.2 Å². The summed E-state index contributed by atoms with van der Waals surface area (Å²) in [7, 11) is 0. The van der Waals surface area contributed by atoms with Gasteiger partial charge in [-0.2, -0.15) is 0 Å². The standard InChI is InChI=1S/C13H15N3O3/c14-10-7-4-8-11(16(18)19)12(10)13(17)15-9-5-2-1-3-6-9/h1-2,4,7-9H,3,5-6,14H2,(H,15,17)/t9-/m0/s1. The molecule has 0 bridgehead atoms. The Morgan fingerprint density at radius 1 is 1.42 bits per heavy atom. The maximum Gasteiger partial charge on any atom is 0.284 e. The molecule has 2 rings (SSSR count). The Morgan fingerprint density at radius 3 is 2.84 bits per heavy atom. The summed E-state index contributed by atoms with van der Waals surface area (Å²) >= 11 is 0. The second kappa shape index (κ2) is 5.51. The Kier molecular flexibility index (Phi) is 3.79. The molecule has 0 radical (unpaired) electrons. The molecule has 0 saturated heterocycles. The first-order chi connectivity index (χ1) is 9.09. The molecule has 3 N–H and O–H groups in total. The number of hydrogen-bond acceptors (Lipinski definition) is 4.